The van der Waals surface area contributed by atoms with Crippen molar-refractivity contribution in [1.29, 1.82) is 0 Å². The Labute approximate surface area is 129 Å². The molecule has 114 valence electrons. The van der Waals surface area contributed by atoms with Gasteiger partial charge in [0.25, 0.3) is 0 Å². The van der Waals surface area contributed by atoms with Crippen molar-refractivity contribution in [2.24, 2.45) is 0 Å². The normalized spacial score (nSPS) is 13.1. The number of carbonyl (C=O) groups excluding carboxylic acids is 1. The Balaban J connectivity index is 1.85. The highest BCUT2D eigenvalue weighted by atomic mass is 32.1. The van der Waals surface area contributed by atoms with Gasteiger partial charge in [0, 0.05) is 23.3 Å². The molecule has 2 heterocycles. The van der Waals surface area contributed by atoms with Crippen molar-refractivity contribution in [2.75, 3.05) is 0 Å². The van der Waals surface area contributed by atoms with Crippen LogP contribution in [0.1, 0.15) is 44.2 Å². The van der Waals surface area contributed by atoms with Crippen LogP contribution in [-0.2, 0) is 23.1 Å². The number of aromatic nitrogens is 1. The zero-order valence-corrected chi connectivity index (χ0v) is 13.8. The van der Waals surface area contributed by atoms with Crippen LogP contribution >= 0.6 is 11.3 Å². The fourth-order valence-corrected chi connectivity index (χ4v) is 2.91. The van der Waals surface area contributed by atoms with E-state index in [-0.39, 0.29) is 17.4 Å². The molecule has 0 spiro atoms. The molecule has 0 bridgehead atoms. The molecular weight excluding hydrogens is 284 g/mol. The van der Waals surface area contributed by atoms with E-state index < -0.39 is 0 Å². The van der Waals surface area contributed by atoms with Crippen molar-refractivity contribution in [1.82, 2.24) is 10.3 Å². The molecule has 5 heteroatoms. The molecule has 21 heavy (non-hydrogen) atoms. The molecule has 0 fully saturated rings. The van der Waals surface area contributed by atoms with Crippen molar-refractivity contribution in [3.05, 3.63) is 40.2 Å². The number of hydrogen-bond acceptors (Lipinski definition) is 4. The van der Waals surface area contributed by atoms with E-state index in [0.29, 0.717) is 12.8 Å². The average Bonchev–Trinajstić information content (AvgIpc) is 2.98. The van der Waals surface area contributed by atoms with Crippen LogP contribution in [-0.4, -0.2) is 16.9 Å². The third kappa shape index (κ3) is 4.70. The maximum absolute atomic E-state index is 12.0. The fourth-order valence-electron chi connectivity index (χ4n) is 2.00. The number of carbonyl (C=O) groups is 1. The van der Waals surface area contributed by atoms with Gasteiger partial charge in [-0.15, -0.1) is 11.3 Å². The first kappa shape index (κ1) is 15.8. The van der Waals surface area contributed by atoms with Gasteiger partial charge in [0.05, 0.1) is 23.4 Å². The van der Waals surface area contributed by atoms with Gasteiger partial charge in [-0.3, -0.25) is 4.79 Å². The summed E-state index contributed by atoms with van der Waals surface area (Å²) in [5.41, 5.74) is 0.874. The first-order chi connectivity index (χ1) is 9.84. The van der Waals surface area contributed by atoms with Crippen LogP contribution in [0.4, 0.5) is 0 Å². The number of thiazole rings is 1. The summed E-state index contributed by atoms with van der Waals surface area (Å²) in [4.78, 5) is 16.6. The summed E-state index contributed by atoms with van der Waals surface area (Å²) < 4.78 is 5.28. The van der Waals surface area contributed by atoms with E-state index in [0.717, 1.165) is 16.5 Å². The van der Waals surface area contributed by atoms with E-state index in [1.807, 2.05) is 24.4 Å². The number of rotatable bonds is 5. The number of nitrogens with zero attached hydrogens (tertiary/aromatic N) is 1. The Hall–Kier alpha value is -1.62. The molecule has 4 nitrogen and oxygen atoms in total. The van der Waals surface area contributed by atoms with Crippen LogP contribution in [0.5, 0.6) is 0 Å². The molecule has 0 radical (unpaired) electrons. The van der Waals surface area contributed by atoms with Crippen LogP contribution in [0, 0.1) is 0 Å². The van der Waals surface area contributed by atoms with Crippen molar-refractivity contribution < 1.29 is 9.21 Å². The van der Waals surface area contributed by atoms with Crippen LogP contribution < -0.4 is 5.32 Å². The van der Waals surface area contributed by atoms with Gasteiger partial charge in [-0.05, 0) is 19.1 Å². The van der Waals surface area contributed by atoms with Gasteiger partial charge in [-0.2, -0.15) is 0 Å². The van der Waals surface area contributed by atoms with Gasteiger partial charge in [-0.25, -0.2) is 4.98 Å². The second-order valence-electron chi connectivity index (χ2n) is 6.32. The molecule has 0 unspecified atom stereocenters. The predicted octanol–water partition coefficient (Wildman–Crippen LogP) is 3.32. The minimum absolute atomic E-state index is 0.000171. The van der Waals surface area contributed by atoms with E-state index in [1.165, 1.54) is 0 Å². The quantitative estimate of drug-likeness (QED) is 0.922. The van der Waals surface area contributed by atoms with Crippen LogP contribution in [0.25, 0.3) is 0 Å². The lowest BCUT2D eigenvalue weighted by molar-refractivity contribution is -0.121. The number of hydrogen-bond donors (Lipinski definition) is 1. The second-order valence-corrected chi connectivity index (χ2v) is 7.18. The van der Waals surface area contributed by atoms with E-state index in [4.69, 9.17) is 4.42 Å². The molecule has 0 aliphatic carbocycles. The second kappa shape index (κ2) is 6.43. The molecule has 2 aromatic rings. The summed E-state index contributed by atoms with van der Waals surface area (Å²) in [5, 5.41) is 6.01. The zero-order chi connectivity index (χ0) is 15.5. The molecule has 0 aliphatic rings. The van der Waals surface area contributed by atoms with Crippen molar-refractivity contribution in [2.45, 2.75) is 52.0 Å². The largest absolute Gasteiger partial charge is 0.469 e. The van der Waals surface area contributed by atoms with Crippen molar-refractivity contribution >= 4 is 17.2 Å². The van der Waals surface area contributed by atoms with Gasteiger partial charge in [0.1, 0.15) is 5.76 Å². The minimum atomic E-state index is -0.000171. The summed E-state index contributed by atoms with van der Waals surface area (Å²) in [6.07, 6.45) is 2.67. The highest BCUT2D eigenvalue weighted by molar-refractivity contribution is 7.09. The topological polar surface area (TPSA) is 55.1 Å². The maximum Gasteiger partial charge on any atom is 0.226 e. The maximum atomic E-state index is 12.0. The lowest BCUT2D eigenvalue weighted by atomic mass is 9.98. The summed E-state index contributed by atoms with van der Waals surface area (Å²) in [6, 6.07) is 3.82. The van der Waals surface area contributed by atoms with Crippen LogP contribution in [0.2, 0.25) is 0 Å². The Kier molecular flexibility index (Phi) is 4.83. The third-order valence-corrected chi connectivity index (χ3v) is 4.35. The minimum Gasteiger partial charge on any atom is -0.469 e. The Morgan fingerprint density at radius 3 is 2.81 bits per heavy atom. The van der Waals surface area contributed by atoms with E-state index >= 15 is 0 Å². The first-order valence-electron chi connectivity index (χ1n) is 7.11. The number of furan rings is 1. The molecule has 0 aliphatic heterocycles. The van der Waals surface area contributed by atoms with Gasteiger partial charge < -0.3 is 9.73 Å². The van der Waals surface area contributed by atoms with Gasteiger partial charge >= 0.3 is 0 Å². The molecule has 0 saturated heterocycles. The van der Waals surface area contributed by atoms with Gasteiger partial charge in [0.2, 0.25) is 5.91 Å². The van der Waals surface area contributed by atoms with Crippen molar-refractivity contribution in [3.8, 4) is 0 Å². The van der Waals surface area contributed by atoms with E-state index in [2.05, 4.69) is 31.1 Å². The molecule has 2 aromatic heterocycles. The first-order valence-corrected chi connectivity index (χ1v) is 7.99. The monoisotopic (exact) mass is 306 g/mol. The molecule has 2 rings (SSSR count). The Morgan fingerprint density at radius 1 is 1.48 bits per heavy atom. The highest BCUT2D eigenvalue weighted by Crippen LogP contribution is 2.25. The summed E-state index contributed by atoms with van der Waals surface area (Å²) in [6.45, 7) is 8.35. The Bertz CT molecular complexity index is 582. The third-order valence-electron chi connectivity index (χ3n) is 3.03. The van der Waals surface area contributed by atoms with Gasteiger partial charge in [0.15, 0.2) is 0 Å². The molecule has 1 atom stereocenters. The average molecular weight is 306 g/mol. The molecule has 1 amide bonds. The van der Waals surface area contributed by atoms with Gasteiger partial charge in [-0.1, -0.05) is 20.8 Å². The SMILES string of the molecule is C[C@@H](Cc1ccco1)NC(=O)Cc1csc(C(C)(C)C)n1. The molecule has 0 aromatic carbocycles. The lowest BCUT2D eigenvalue weighted by Gasteiger charge is -2.14. The van der Waals surface area contributed by atoms with E-state index in [9.17, 15) is 4.79 Å². The summed E-state index contributed by atoms with van der Waals surface area (Å²) in [5.74, 6) is 0.881. The molecule has 0 saturated carbocycles. The highest BCUT2D eigenvalue weighted by Gasteiger charge is 2.19. The van der Waals surface area contributed by atoms with Crippen LogP contribution in [0.3, 0.4) is 0 Å². The van der Waals surface area contributed by atoms with Crippen LogP contribution in [0.15, 0.2) is 28.2 Å². The number of amides is 1. The smallest absolute Gasteiger partial charge is 0.226 e. The lowest BCUT2D eigenvalue weighted by Crippen LogP contribution is -2.35. The molecular formula is C16H22N2O2S. The summed E-state index contributed by atoms with van der Waals surface area (Å²) in [7, 11) is 0. The standard InChI is InChI=1S/C16H22N2O2S/c1-11(8-13-6-5-7-20-13)17-14(19)9-12-10-21-15(18-12)16(2,3)4/h5-7,10-11H,8-9H2,1-4H3,(H,17,19)/t11-/m0/s1. The van der Waals surface area contributed by atoms with E-state index in [1.54, 1.807) is 17.6 Å². The summed E-state index contributed by atoms with van der Waals surface area (Å²) >= 11 is 1.62. The zero-order valence-electron chi connectivity index (χ0n) is 13.0. The fraction of sp³-hybridized carbons (Fsp3) is 0.500. The van der Waals surface area contributed by atoms with Crippen molar-refractivity contribution in [3.63, 3.8) is 0 Å². The number of nitrogens with one attached hydrogen (secondary N) is 1. The predicted molar refractivity (Wildman–Crippen MR) is 84.5 cm³/mol. The Morgan fingerprint density at radius 2 is 2.24 bits per heavy atom. The molecule has 1 N–H and O–H groups in total.